The molecule has 0 bridgehead atoms. The molecule has 0 aliphatic carbocycles. The van der Waals surface area contributed by atoms with Gasteiger partial charge < -0.3 is 14.7 Å². The van der Waals surface area contributed by atoms with E-state index in [1.165, 1.54) is 4.88 Å². The molecule has 1 aromatic heterocycles. The lowest BCUT2D eigenvalue weighted by molar-refractivity contribution is -0.159. The van der Waals surface area contributed by atoms with E-state index in [0.29, 0.717) is 19.6 Å². The van der Waals surface area contributed by atoms with Gasteiger partial charge in [-0.15, -0.1) is 11.3 Å². The number of hydrogen-bond acceptors (Lipinski definition) is 4. The molecule has 104 valence electrons. The van der Waals surface area contributed by atoms with Crippen LogP contribution in [0.3, 0.4) is 0 Å². The van der Waals surface area contributed by atoms with Crippen molar-refractivity contribution in [3.05, 3.63) is 22.4 Å². The lowest BCUT2D eigenvalue weighted by Crippen LogP contribution is -2.48. The highest BCUT2D eigenvalue weighted by Crippen LogP contribution is 2.13. The van der Waals surface area contributed by atoms with E-state index in [2.05, 4.69) is 6.07 Å². The van der Waals surface area contributed by atoms with Crippen molar-refractivity contribution in [2.75, 3.05) is 19.7 Å². The summed E-state index contributed by atoms with van der Waals surface area (Å²) in [5.74, 6) is -0.984. The molecule has 6 heteroatoms. The predicted molar refractivity (Wildman–Crippen MR) is 71.2 cm³/mol. The molecule has 0 radical (unpaired) electrons. The van der Waals surface area contributed by atoms with Crippen LogP contribution in [0.4, 0.5) is 0 Å². The number of rotatable bonds is 5. The van der Waals surface area contributed by atoms with Gasteiger partial charge in [-0.3, -0.25) is 4.79 Å². The van der Waals surface area contributed by atoms with Gasteiger partial charge in [-0.05, 0) is 24.3 Å². The van der Waals surface area contributed by atoms with Crippen LogP contribution in [0.5, 0.6) is 0 Å². The zero-order valence-electron chi connectivity index (χ0n) is 10.6. The van der Waals surface area contributed by atoms with Crippen LogP contribution in [-0.2, 0) is 20.7 Å². The van der Waals surface area contributed by atoms with Gasteiger partial charge in [0.05, 0.1) is 13.2 Å². The van der Waals surface area contributed by atoms with Crippen LogP contribution in [0, 0.1) is 0 Å². The number of thiophene rings is 1. The summed E-state index contributed by atoms with van der Waals surface area (Å²) in [7, 11) is 0. The van der Waals surface area contributed by atoms with E-state index in [-0.39, 0.29) is 12.5 Å². The second-order valence-electron chi connectivity index (χ2n) is 4.47. The number of morpholine rings is 1. The lowest BCUT2D eigenvalue weighted by atomic mass is 10.2. The molecule has 0 aromatic carbocycles. The zero-order valence-corrected chi connectivity index (χ0v) is 11.4. The lowest BCUT2D eigenvalue weighted by Gasteiger charge is -2.30. The largest absolute Gasteiger partial charge is 0.479 e. The smallest absolute Gasteiger partial charge is 0.334 e. The molecule has 0 spiro atoms. The first-order valence-electron chi connectivity index (χ1n) is 6.31. The van der Waals surface area contributed by atoms with E-state index in [1.54, 1.807) is 16.2 Å². The van der Waals surface area contributed by atoms with Crippen molar-refractivity contribution in [2.24, 2.45) is 0 Å². The fourth-order valence-corrected chi connectivity index (χ4v) is 2.80. The molecule has 1 aliphatic rings. The van der Waals surface area contributed by atoms with Crippen LogP contribution >= 0.6 is 11.3 Å². The average molecular weight is 283 g/mol. The standard InChI is InChI=1S/C13H17NO4S/c15-12(5-1-3-10-4-2-8-19-10)14-6-7-18-11(9-14)13(16)17/h2,4,8,11H,1,3,5-7,9H2,(H,16,17)/t11-/m0/s1. The molecular weight excluding hydrogens is 266 g/mol. The molecule has 0 saturated carbocycles. The van der Waals surface area contributed by atoms with E-state index in [4.69, 9.17) is 9.84 Å². The summed E-state index contributed by atoms with van der Waals surface area (Å²) in [6, 6.07) is 4.06. The topological polar surface area (TPSA) is 66.8 Å². The Morgan fingerprint density at radius 2 is 2.37 bits per heavy atom. The van der Waals surface area contributed by atoms with E-state index in [1.807, 2.05) is 11.4 Å². The van der Waals surface area contributed by atoms with Gasteiger partial charge in [0.1, 0.15) is 0 Å². The Kier molecular flexibility index (Phi) is 4.93. The Morgan fingerprint density at radius 1 is 1.53 bits per heavy atom. The van der Waals surface area contributed by atoms with Gasteiger partial charge in [-0.2, -0.15) is 0 Å². The van der Waals surface area contributed by atoms with E-state index in [0.717, 1.165) is 12.8 Å². The molecule has 5 nitrogen and oxygen atoms in total. The summed E-state index contributed by atoms with van der Waals surface area (Å²) in [5, 5.41) is 10.9. The molecule has 0 unspecified atom stereocenters. The average Bonchev–Trinajstić information content (AvgIpc) is 2.92. The first-order chi connectivity index (χ1) is 9.16. The summed E-state index contributed by atoms with van der Waals surface area (Å²) >= 11 is 1.69. The number of carboxylic acid groups (broad SMARTS) is 1. The van der Waals surface area contributed by atoms with Crippen LogP contribution in [0.25, 0.3) is 0 Å². The van der Waals surface area contributed by atoms with Gasteiger partial charge in [0.15, 0.2) is 6.10 Å². The fourth-order valence-electron chi connectivity index (χ4n) is 2.05. The summed E-state index contributed by atoms with van der Waals surface area (Å²) in [6.45, 7) is 0.947. The second kappa shape index (κ2) is 6.68. The van der Waals surface area contributed by atoms with E-state index in [9.17, 15) is 9.59 Å². The minimum Gasteiger partial charge on any atom is -0.479 e. The molecule has 19 heavy (non-hydrogen) atoms. The molecule has 2 rings (SSSR count). The maximum atomic E-state index is 12.0. The van der Waals surface area contributed by atoms with Crippen molar-refractivity contribution in [1.29, 1.82) is 0 Å². The normalized spacial score (nSPS) is 19.4. The molecule has 2 heterocycles. The van der Waals surface area contributed by atoms with Crippen molar-refractivity contribution in [2.45, 2.75) is 25.4 Å². The van der Waals surface area contributed by atoms with Gasteiger partial charge in [-0.1, -0.05) is 6.07 Å². The van der Waals surface area contributed by atoms with Crippen molar-refractivity contribution < 1.29 is 19.4 Å². The molecule has 1 fully saturated rings. The number of amides is 1. The number of ether oxygens (including phenoxy) is 1. The summed E-state index contributed by atoms with van der Waals surface area (Å²) < 4.78 is 5.09. The second-order valence-corrected chi connectivity index (χ2v) is 5.50. The molecule has 1 saturated heterocycles. The Balaban J connectivity index is 1.74. The molecule has 1 aromatic rings. The molecule has 1 aliphatic heterocycles. The van der Waals surface area contributed by atoms with E-state index < -0.39 is 12.1 Å². The summed E-state index contributed by atoms with van der Waals surface area (Å²) in [5.41, 5.74) is 0. The number of carbonyl (C=O) groups excluding carboxylic acids is 1. The Labute approximate surface area is 115 Å². The van der Waals surface area contributed by atoms with Crippen molar-refractivity contribution in [3.8, 4) is 0 Å². The Morgan fingerprint density at radius 3 is 3.05 bits per heavy atom. The third-order valence-electron chi connectivity index (χ3n) is 3.09. The predicted octanol–water partition coefficient (Wildman–Crippen LogP) is 1.38. The third kappa shape index (κ3) is 4.04. The summed E-state index contributed by atoms with van der Waals surface area (Å²) in [4.78, 5) is 25.7. The number of carboxylic acids is 1. The van der Waals surface area contributed by atoms with Crippen LogP contribution in [0.1, 0.15) is 17.7 Å². The van der Waals surface area contributed by atoms with Gasteiger partial charge >= 0.3 is 5.97 Å². The number of aliphatic carboxylic acids is 1. The van der Waals surface area contributed by atoms with Gasteiger partial charge in [0.25, 0.3) is 0 Å². The van der Waals surface area contributed by atoms with Crippen LogP contribution in [0.15, 0.2) is 17.5 Å². The maximum Gasteiger partial charge on any atom is 0.334 e. The number of hydrogen-bond donors (Lipinski definition) is 1. The molecule has 1 atom stereocenters. The number of nitrogens with zero attached hydrogens (tertiary/aromatic N) is 1. The van der Waals surface area contributed by atoms with Crippen molar-refractivity contribution in [3.63, 3.8) is 0 Å². The Bertz CT molecular complexity index is 432. The zero-order chi connectivity index (χ0) is 13.7. The Hall–Kier alpha value is -1.40. The highest BCUT2D eigenvalue weighted by Gasteiger charge is 2.28. The van der Waals surface area contributed by atoms with Crippen LogP contribution in [0.2, 0.25) is 0 Å². The minimum atomic E-state index is -1.00. The minimum absolute atomic E-state index is 0.0195. The SMILES string of the molecule is O=C(O)[C@@H]1CN(C(=O)CCCc2cccs2)CCO1. The van der Waals surface area contributed by atoms with Gasteiger partial charge in [-0.25, -0.2) is 4.79 Å². The van der Waals surface area contributed by atoms with E-state index >= 15 is 0 Å². The highest BCUT2D eigenvalue weighted by atomic mass is 32.1. The van der Waals surface area contributed by atoms with Crippen LogP contribution in [-0.4, -0.2) is 47.7 Å². The number of aryl methyl sites for hydroxylation is 1. The van der Waals surface area contributed by atoms with Gasteiger partial charge in [0.2, 0.25) is 5.91 Å². The quantitative estimate of drug-likeness (QED) is 0.886. The monoisotopic (exact) mass is 283 g/mol. The van der Waals surface area contributed by atoms with Gasteiger partial charge in [0, 0.05) is 17.8 Å². The molecule has 1 amide bonds. The van der Waals surface area contributed by atoms with Crippen LogP contribution < -0.4 is 0 Å². The van der Waals surface area contributed by atoms with Crippen molar-refractivity contribution >= 4 is 23.2 Å². The maximum absolute atomic E-state index is 12.0. The third-order valence-corrected chi connectivity index (χ3v) is 4.02. The molecule has 1 N–H and O–H groups in total. The fraction of sp³-hybridized carbons (Fsp3) is 0.538. The highest BCUT2D eigenvalue weighted by molar-refractivity contribution is 7.09. The summed E-state index contributed by atoms with van der Waals surface area (Å²) in [6.07, 6.45) is 1.28. The first kappa shape index (κ1) is 14.0. The van der Waals surface area contributed by atoms with Crippen molar-refractivity contribution in [1.82, 2.24) is 4.90 Å². The number of carbonyl (C=O) groups is 2. The molecular formula is C13H17NO4S. The first-order valence-corrected chi connectivity index (χ1v) is 7.19.